The van der Waals surface area contributed by atoms with Crippen molar-refractivity contribution in [3.05, 3.63) is 47.4 Å². The first kappa shape index (κ1) is 18.7. The zero-order chi connectivity index (χ0) is 17.8. The van der Waals surface area contributed by atoms with Gasteiger partial charge in [-0.2, -0.15) is 0 Å². The Balaban J connectivity index is 3.06. The first-order valence-corrected chi connectivity index (χ1v) is 7.37. The summed E-state index contributed by atoms with van der Waals surface area (Å²) in [6.07, 6.45) is 1.73. The number of aliphatic imine (C=N–C) groups is 1. The van der Waals surface area contributed by atoms with Crippen LogP contribution in [0.5, 0.6) is 0 Å². The second-order valence-electron chi connectivity index (χ2n) is 6.06. The maximum atomic E-state index is 14.2. The molecular weight excluding hydrogens is 293 g/mol. The molecule has 6 heteroatoms. The van der Waals surface area contributed by atoms with Gasteiger partial charge in [0.05, 0.1) is 11.9 Å². The van der Waals surface area contributed by atoms with Gasteiger partial charge < -0.3 is 16.8 Å². The third-order valence-electron chi connectivity index (χ3n) is 4.38. The lowest BCUT2D eigenvalue weighted by atomic mass is 9.77. The second kappa shape index (κ2) is 7.26. The Morgan fingerprint density at radius 3 is 2.57 bits per heavy atom. The maximum Gasteiger partial charge on any atom is 0.154 e. The summed E-state index contributed by atoms with van der Waals surface area (Å²) in [5.74, 6) is -0.779. The van der Waals surface area contributed by atoms with Crippen molar-refractivity contribution < 1.29 is 4.39 Å². The molecule has 2 unspecified atom stereocenters. The summed E-state index contributed by atoms with van der Waals surface area (Å²) in [7, 11) is 0. The minimum absolute atomic E-state index is 0.0143. The Bertz CT molecular complexity index is 638. The molecule has 0 saturated heterocycles. The van der Waals surface area contributed by atoms with Gasteiger partial charge in [-0.05, 0) is 39.1 Å². The van der Waals surface area contributed by atoms with Crippen LogP contribution in [-0.2, 0) is 0 Å². The Hall–Kier alpha value is -2.37. The number of anilines is 1. The Morgan fingerprint density at radius 2 is 2.09 bits per heavy atom. The highest BCUT2D eigenvalue weighted by atomic mass is 19.1. The molecule has 0 aliphatic rings. The Kier molecular flexibility index (Phi) is 5.90. The molecular formula is C17H26FN5. The van der Waals surface area contributed by atoms with E-state index in [9.17, 15) is 4.39 Å². The van der Waals surface area contributed by atoms with Crippen LogP contribution in [0.3, 0.4) is 0 Å². The fraction of sp³-hybridized carbons (Fsp3) is 0.412. The predicted molar refractivity (Wildman–Crippen MR) is 94.7 cm³/mol. The summed E-state index contributed by atoms with van der Waals surface area (Å²) in [6.45, 7) is 14.7. The van der Waals surface area contributed by atoms with E-state index in [0.29, 0.717) is 5.70 Å². The highest BCUT2D eigenvalue weighted by molar-refractivity contribution is 5.46. The SMILES string of the molecule is C=N/C(N)=C(/F)CC(C)(C(=C)N)C(C)Nc1cnc(C)c(C)c1. The molecule has 126 valence electrons. The molecule has 1 aromatic heterocycles. The molecule has 1 aromatic rings. The van der Waals surface area contributed by atoms with Gasteiger partial charge in [0.1, 0.15) is 5.83 Å². The van der Waals surface area contributed by atoms with E-state index < -0.39 is 11.2 Å². The number of halogens is 1. The lowest BCUT2D eigenvalue weighted by Crippen LogP contribution is -2.40. The Labute approximate surface area is 137 Å². The van der Waals surface area contributed by atoms with Crippen molar-refractivity contribution in [2.45, 2.75) is 40.2 Å². The number of pyridine rings is 1. The number of nitrogens with one attached hydrogen (secondary N) is 1. The van der Waals surface area contributed by atoms with Crippen LogP contribution < -0.4 is 16.8 Å². The smallest absolute Gasteiger partial charge is 0.154 e. The Morgan fingerprint density at radius 1 is 1.48 bits per heavy atom. The van der Waals surface area contributed by atoms with Crippen molar-refractivity contribution in [2.24, 2.45) is 21.9 Å². The van der Waals surface area contributed by atoms with E-state index in [1.807, 2.05) is 33.8 Å². The van der Waals surface area contributed by atoms with Crippen molar-refractivity contribution in [2.75, 3.05) is 5.32 Å². The topological polar surface area (TPSA) is 89.3 Å². The van der Waals surface area contributed by atoms with Gasteiger partial charge in [-0.1, -0.05) is 13.5 Å². The van der Waals surface area contributed by atoms with Crippen LogP contribution in [0.1, 0.15) is 31.5 Å². The molecule has 0 saturated carbocycles. The molecule has 2 atom stereocenters. The molecule has 0 aliphatic carbocycles. The molecule has 1 heterocycles. The average Bonchev–Trinajstić information content (AvgIpc) is 2.49. The molecule has 0 radical (unpaired) electrons. The van der Waals surface area contributed by atoms with Gasteiger partial charge in [-0.25, -0.2) is 9.38 Å². The summed E-state index contributed by atoms with van der Waals surface area (Å²) in [4.78, 5) is 7.75. The number of hydrogen-bond acceptors (Lipinski definition) is 5. The van der Waals surface area contributed by atoms with Gasteiger partial charge in [0.15, 0.2) is 5.82 Å². The molecule has 0 aromatic carbocycles. The second-order valence-corrected chi connectivity index (χ2v) is 6.06. The number of aryl methyl sites for hydroxylation is 2. The van der Waals surface area contributed by atoms with E-state index in [2.05, 4.69) is 28.6 Å². The summed E-state index contributed by atoms with van der Waals surface area (Å²) in [5, 5.41) is 3.31. The molecule has 0 fully saturated rings. The predicted octanol–water partition coefficient (Wildman–Crippen LogP) is 3.17. The van der Waals surface area contributed by atoms with Crippen molar-refractivity contribution in [3.63, 3.8) is 0 Å². The van der Waals surface area contributed by atoms with Crippen LogP contribution in [0.2, 0.25) is 0 Å². The first-order chi connectivity index (χ1) is 10.6. The maximum absolute atomic E-state index is 14.2. The van der Waals surface area contributed by atoms with Crippen molar-refractivity contribution in [3.8, 4) is 0 Å². The molecule has 5 nitrogen and oxygen atoms in total. The normalized spacial score (nSPS) is 16.0. The summed E-state index contributed by atoms with van der Waals surface area (Å²) >= 11 is 0. The van der Waals surface area contributed by atoms with Crippen LogP contribution in [0.4, 0.5) is 10.1 Å². The third kappa shape index (κ3) is 4.31. The molecule has 23 heavy (non-hydrogen) atoms. The summed E-state index contributed by atoms with van der Waals surface area (Å²) < 4.78 is 14.2. The molecule has 0 bridgehead atoms. The van der Waals surface area contributed by atoms with Gasteiger partial charge in [0, 0.05) is 29.3 Å². The number of rotatable bonds is 7. The van der Waals surface area contributed by atoms with E-state index >= 15 is 0 Å². The number of aromatic nitrogens is 1. The fourth-order valence-electron chi connectivity index (χ4n) is 2.17. The number of nitrogens with zero attached hydrogens (tertiary/aromatic N) is 2. The lowest BCUT2D eigenvalue weighted by Gasteiger charge is -2.36. The van der Waals surface area contributed by atoms with Crippen LogP contribution in [0, 0.1) is 19.3 Å². The quantitative estimate of drug-likeness (QED) is 0.673. The first-order valence-electron chi connectivity index (χ1n) is 7.37. The highest BCUT2D eigenvalue weighted by Gasteiger charge is 2.35. The van der Waals surface area contributed by atoms with E-state index in [-0.39, 0.29) is 18.3 Å². The van der Waals surface area contributed by atoms with Crippen LogP contribution >= 0.6 is 0 Å². The molecule has 1 rings (SSSR count). The van der Waals surface area contributed by atoms with E-state index in [1.165, 1.54) is 0 Å². The van der Waals surface area contributed by atoms with Gasteiger partial charge in [-0.3, -0.25) is 4.98 Å². The zero-order valence-electron chi connectivity index (χ0n) is 14.3. The fourth-order valence-corrected chi connectivity index (χ4v) is 2.17. The number of hydrogen-bond donors (Lipinski definition) is 3. The van der Waals surface area contributed by atoms with Crippen molar-refractivity contribution in [1.82, 2.24) is 4.98 Å². The molecule has 0 amide bonds. The number of allylic oxidation sites excluding steroid dienone is 1. The molecule has 0 aliphatic heterocycles. The van der Waals surface area contributed by atoms with E-state index in [1.54, 1.807) is 6.20 Å². The summed E-state index contributed by atoms with van der Waals surface area (Å²) in [5.41, 5.74) is 13.9. The largest absolute Gasteiger partial charge is 0.402 e. The monoisotopic (exact) mass is 319 g/mol. The van der Waals surface area contributed by atoms with Gasteiger partial charge in [0.25, 0.3) is 0 Å². The third-order valence-corrected chi connectivity index (χ3v) is 4.38. The van der Waals surface area contributed by atoms with Gasteiger partial charge in [-0.15, -0.1) is 0 Å². The lowest BCUT2D eigenvalue weighted by molar-refractivity contribution is 0.313. The zero-order valence-corrected chi connectivity index (χ0v) is 14.3. The average molecular weight is 319 g/mol. The summed E-state index contributed by atoms with van der Waals surface area (Å²) in [6, 6.07) is 1.79. The van der Waals surface area contributed by atoms with Crippen molar-refractivity contribution >= 4 is 12.4 Å². The number of nitrogens with two attached hydrogens (primary N) is 2. The van der Waals surface area contributed by atoms with Crippen LogP contribution in [-0.4, -0.2) is 17.7 Å². The minimum atomic E-state index is -0.752. The van der Waals surface area contributed by atoms with Gasteiger partial charge in [0.2, 0.25) is 0 Å². The molecule has 0 spiro atoms. The highest BCUT2D eigenvalue weighted by Crippen LogP contribution is 2.37. The van der Waals surface area contributed by atoms with Crippen molar-refractivity contribution in [1.29, 1.82) is 0 Å². The standard InChI is InChI=1S/C17H26FN5/c1-10-7-14(9-22-11(10)2)23-13(4)17(5,12(3)19)8-15(18)16(20)21-6/h7,9,13,23H,3,6,8,19-20H2,1-2,4-5H3/b16-15+. The van der Waals surface area contributed by atoms with E-state index in [0.717, 1.165) is 16.9 Å². The minimum Gasteiger partial charge on any atom is -0.402 e. The van der Waals surface area contributed by atoms with E-state index in [4.69, 9.17) is 11.5 Å². The van der Waals surface area contributed by atoms with Crippen LogP contribution in [0.25, 0.3) is 0 Å². The molecule has 5 N–H and O–H groups in total. The van der Waals surface area contributed by atoms with Crippen LogP contribution in [0.15, 0.2) is 41.2 Å². The van der Waals surface area contributed by atoms with Gasteiger partial charge >= 0.3 is 0 Å².